The molecule has 8 rings (SSSR count). The molecule has 1 aromatic heterocycles. The Morgan fingerprint density at radius 3 is 2.23 bits per heavy atom. The van der Waals surface area contributed by atoms with E-state index in [1.165, 1.54) is 33.4 Å². The zero-order valence-electron chi connectivity index (χ0n) is 24.0. The van der Waals surface area contributed by atoms with Gasteiger partial charge >= 0.3 is 0 Å². The van der Waals surface area contributed by atoms with Crippen LogP contribution in [0.15, 0.2) is 152 Å². The molecule has 0 saturated heterocycles. The van der Waals surface area contributed by atoms with Crippen LogP contribution < -0.4 is 4.57 Å². The normalized spacial score (nSPS) is 17.4. The molecule has 5 aromatic carbocycles. The molecule has 0 fully saturated rings. The van der Waals surface area contributed by atoms with Gasteiger partial charge < -0.3 is 0 Å². The van der Waals surface area contributed by atoms with E-state index in [9.17, 15) is 0 Å². The third-order valence-corrected chi connectivity index (χ3v) is 9.12. The van der Waals surface area contributed by atoms with Crippen LogP contribution in [0.3, 0.4) is 0 Å². The van der Waals surface area contributed by atoms with Crippen molar-refractivity contribution in [3.63, 3.8) is 0 Å². The molecule has 0 spiro atoms. The Morgan fingerprint density at radius 1 is 0.721 bits per heavy atom. The van der Waals surface area contributed by atoms with E-state index in [-0.39, 0.29) is 12.0 Å². The van der Waals surface area contributed by atoms with Gasteiger partial charge in [0, 0.05) is 17.0 Å². The van der Waals surface area contributed by atoms with Crippen molar-refractivity contribution in [3.8, 4) is 28.2 Å². The Balaban J connectivity index is 1.48. The number of rotatable bonds is 3. The average Bonchev–Trinajstić information content (AvgIpc) is 3.43. The molecule has 2 unspecified atom stereocenters. The summed E-state index contributed by atoms with van der Waals surface area (Å²) in [6.45, 7) is 8.99. The van der Waals surface area contributed by atoms with Crippen molar-refractivity contribution in [3.05, 3.63) is 163 Å². The van der Waals surface area contributed by atoms with Crippen molar-refractivity contribution in [1.82, 2.24) is 4.57 Å². The second-order valence-electron chi connectivity index (χ2n) is 11.4. The Labute approximate surface area is 252 Å². The molecule has 3 heterocycles. The van der Waals surface area contributed by atoms with Crippen LogP contribution in [0, 0.1) is 0 Å². The average molecular weight is 555 g/mol. The van der Waals surface area contributed by atoms with Gasteiger partial charge in [-0.3, -0.25) is 4.99 Å². The molecule has 43 heavy (non-hydrogen) atoms. The minimum Gasteiger partial charge on any atom is -0.272 e. The highest BCUT2D eigenvalue weighted by molar-refractivity contribution is 6.11. The molecule has 3 heteroatoms. The van der Waals surface area contributed by atoms with Gasteiger partial charge in [0.25, 0.3) is 5.82 Å². The van der Waals surface area contributed by atoms with Gasteiger partial charge in [0.1, 0.15) is 17.4 Å². The van der Waals surface area contributed by atoms with Gasteiger partial charge in [0.15, 0.2) is 11.0 Å². The highest BCUT2D eigenvalue weighted by atomic mass is 15.2. The molecule has 2 atom stereocenters. The van der Waals surface area contributed by atoms with Crippen LogP contribution in [-0.2, 0) is 6.42 Å². The third kappa shape index (κ3) is 3.96. The summed E-state index contributed by atoms with van der Waals surface area (Å²) in [5.41, 5.74) is 12.8. The largest absolute Gasteiger partial charge is 0.300 e. The molecule has 0 amide bonds. The van der Waals surface area contributed by atoms with Crippen LogP contribution in [0.5, 0.6) is 0 Å². The van der Waals surface area contributed by atoms with Gasteiger partial charge in [-0.25, -0.2) is 0 Å². The maximum atomic E-state index is 5.37. The first-order chi connectivity index (χ1) is 21.2. The molecule has 0 N–H and O–H groups in total. The van der Waals surface area contributed by atoms with E-state index < -0.39 is 0 Å². The summed E-state index contributed by atoms with van der Waals surface area (Å²) in [4.78, 5) is 5.37. The maximum absolute atomic E-state index is 5.37. The van der Waals surface area contributed by atoms with E-state index in [2.05, 4.69) is 143 Å². The summed E-state index contributed by atoms with van der Waals surface area (Å²) in [6.07, 6.45) is 3.82. The molecule has 0 aliphatic carbocycles. The number of hydrogen-bond donors (Lipinski definition) is 0. The Kier molecular flexibility index (Phi) is 6.04. The van der Waals surface area contributed by atoms with Crippen LogP contribution in [-0.4, -0.2) is 16.3 Å². The molecule has 206 valence electrons. The quantitative estimate of drug-likeness (QED) is 0.195. The molecule has 0 bridgehead atoms. The number of imidazole rings is 1. The van der Waals surface area contributed by atoms with Crippen molar-refractivity contribution in [2.45, 2.75) is 24.8 Å². The molecular formula is C40H32N3+. The zero-order valence-corrected chi connectivity index (χ0v) is 24.0. The first-order valence-electron chi connectivity index (χ1n) is 15.0. The number of aryl methyl sites for hydroxylation is 1. The second kappa shape index (κ2) is 10.2. The summed E-state index contributed by atoms with van der Waals surface area (Å²) in [5.74, 6) is 1.32. The highest BCUT2D eigenvalue weighted by Crippen LogP contribution is 2.43. The van der Waals surface area contributed by atoms with Crippen molar-refractivity contribution in [1.29, 1.82) is 0 Å². The lowest BCUT2D eigenvalue weighted by Gasteiger charge is -2.31. The third-order valence-electron chi connectivity index (χ3n) is 9.12. The van der Waals surface area contributed by atoms with Gasteiger partial charge in [-0.05, 0) is 59.9 Å². The predicted octanol–water partition coefficient (Wildman–Crippen LogP) is 8.81. The number of allylic oxidation sites excluding steroid dienone is 1. The summed E-state index contributed by atoms with van der Waals surface area (Å²) >= 11 is 0. The van der Waals surface area contributed by atoms with Crippen molar-refractivity contribution >= 4 is 22.4 Å². The molecule has 0 radical (unpaired) electrons. The minimum absolute atomic E-state index is 0.121. The smallest absolute Gasteiger partial charge is 0.272 e. The van der Waals surface area contributed by atoms with Crippen LogP contribution in [0.25, 0.3) is 44.9 Å². The van der Waals surface area contributed by atoms with E-state index >= 15 is 0 Å². The van der Waals surface area contributed by atoms with E-state index in [0.29, 0.717) is 0 Å². The fraction of sp³-hybridized carbons (Fsp3) is 0.100. The predicted molar refractivity (Wildman–Crippen MR) is 178 cm³/mol. The van der Waals surface area contributed by atoms with Crippen molar-refractivity contribution in [2.24, 2.45) is 4.99 Å². The van der Waals surface area contributed by atoms with Crippen LogP contribution in [0.4, 0.5) is 0 Å². The van der Waals surface area contributed by atoms with E-state index in [0.717, 1.165) is 46.8 Å². The van der Waals surface area contributed by atoms with Crippen LogP contribution >= 0.6 is 0 Å². The first-order valence-corrected chi connectivity index (χ1v) is 15.0. The molecule has 2 aliphatic rings. The lowest BCUT2D eigenvalue weighted by molar-refractivity contribution is -0.554. The highest BCUT2D eigenvalue weighted by Gasteiger charge is 2.40. The summed E-state index contributed by atoms with van der Waals surface area (Å²) in [7, 11) is 0. The monoisotopic (exact) mass is 554 g/mol. The SMILES string of the molecule is C=CC1=NC2C(=C)n3c([n+](-c4ccccc4-c4ccccc4)c4ccccc43)-c3ccccc3CCC2c2ccccc21. The maximum Gasteiger partial charge on any atom is 0.300 e. The van der Waals surface area contributed by atoms with Crippen LogP contribution in [0.2, 0.25) is 0 Å². The number of nitrogens with zero attached hydrogens (tertiary/aromatic N) is 3. The van der Waals surface area contributed by atoms with E-state index in [4.69, 9.17) is 11.6 Å². The number of hydrogen-bond acceptors (Lipinski definition) is 1. The Hall–Kier alpha value is -5.28. The summed E-state index contributed by atoms with van der Waals surface area (Å²) < 4.78 is 4.83. The van der Waals surface area contributed by atoms with Gasteiger partial charge in [-0.15, -0.1) is 0 Å². The fourth-order valence-electron chi connectivity index (χ4n) is 7.19. The Morgan fingerprint density at radius 2 is 1.40 bits per heavy atom. The topological polar surface area (TPSA) is 21.2 Å². The lowest BCUT2D eigenvalue weighted by Crippen LogP contribution is -2.34. The molecule has 2 aliphatic heterocycles. The number of aromatic nitrogens is 2. The number of aliphatic imine (C=N–C) groups is 1. The summed E-state index contributed by atoms with van der Waals surface area (Å²) in [6, 6.07) is 45.6. The van der Waals surface area contributed by atoms with E-state index in [1.807, 2.05) is 6.08 Å². The minimum atomic E-state index is -0.121. The molecule has 6 aromatic rings. The first kappa shape index (κ1) is 25.4. The second-order valence-corrected chi connectivity index (χ2v) is 11.4. The lowest BCUT2D eigenvalue weighted by atomic mass is 9.79. The number of benzene rings is 5. The fourth-order valence-corrected chi connectivity index (χ4v) is 7.19. The Bertz CT molecular complexity index is 2080. The van der Waals surface area contributed by atoms with Crippen LogP contribution in [0.1, 0.15) is 29.0 Å². The van der Waals surface area contributed by atoms with Gasteiger partial charge in [-0.1, -0.05) is 116 Å². The van der Waals surface area contributed by atoms with Gasteiger partial charge in [0.2, 0.25) is 0 Å². The van der Waals surface area contributed by atoms with Crippen molar-refractivity contribution < 1.29 is 4.57 Å². The summed E-state index contributed by atoms with van der Waals surface area (Å²) in [5, 5.41) is 0. The molecule has 0 saturated carbocycles. The zero-order chi connectivity index (χ0) is 28.9. The molecular weight excluding hydrogens is 522 g/mol. The number of para-hydroxylation sites is 3. The standard InChI is InChI=1S/C40H32N3/c1-3-35-33-21-10-9-20-32(33)34-26-25-29-17-7-8-19-31(29)40-42(27(2)39(34)41-35)37-23-13-14-24-38(37)43(40)36-22-12-11-18-30(36)28-15-5-4-6-16-28/h3-24,34,39H,1-2,25-26H2/q+1. The van der Waals surface area contributed by atoms with E-state index in [1.54, 1.807) is 0 Å². The van der Waals surface area contributed by atoms with Gasteiger partial charge in [0.05, 0.1) is 11.3 Å². The molecule has 3 nitrogen and oxygen atoms in total. The van der Waals surface area contributed by atoms with Crippen molar-refractivity contribution in [2.75, 3.05) is 0 Å². The number of fused-ring (bicyclic) bond motifs is 8. The van der Waals surface area contributed by atoms with Gasteiger partial charge in [-0.2, -0.15) is 9.13 Å².